The predicted molar refractivity (Wildman–Crippen MR) is 69.3 cm³/mol. The van der Waals surface area contributed by atoms with Crippen molar-refractivity contribution in [2.24, 2.45) is 0 Å². The molecule has 0 bridgehead atoms. The summed E-state index contributed by atoms with van der Waals surface area (Å²) in [6.45, 7) is 0.00646. The molecule has 0 aliphatic carbocycles. The van der Waals surface area contributed by atoms with Gasteiger partial charge in [-0.3, -0.25) is 9.17 Å². The lowest BCUT2D eigenvalue weighted by Crippen LogP contribution is -2.02. The highest BCUT2D eigenvalue weighted by Crippen LogP contribution is 2.19. The summed E-state index contributed by atoms with van der Waals surface area (Å²) in [5.41, 5.74) is 2.69. The maximum absolute atomic E-state index is 10.9. The van der Waals surface area contributed by atoms with Gasteiger partial charge in [-0.25, -0.2) is 0 Å². The summed E-state index contributed by atoms with van der Waals surface area (Å²) in [5.74, 6) is 0. The maximum atomic E-state index is 10.9. The lowest BCUT2D eigenvalue weighted by atomic mass is 10.1. The molecule has 0 radical (unpaired) electrons. The summed E-state index contributed by atoms with van der Waals surface area (Å²) in [4.78, 5) is 4.09. The normalized spacial score (nSPS) is 11.4. The number of benzene rings is 1. The van der Waals surface area contributed by atoms with Crippen LogP contribution in [0.5, 0.6) is 0 Å². The van der Waals surface area contributed by atoms with Crippen LogP contribution in [0.15, 0.2) is 48.8 Å². The van der Waals surface area contributed by atoms with Crippen LogP contribution in [0.4, 0.5) is 0 Å². The Morgan fingerprint density at radius 2 is 1.83 bits per heavy atom. The number of rotatable bonds is 4. The van der Waals surface area contributed by atoms with E-state index in [9.17, 15) is 8.42 Å². The molecule has 0 N–H and O–H groups in total. The van der Waals surface area contributed by atoms with Gasteiger partial charge in [0.05, 0.1) is 12.9 Å². The Labute approximate surface area is 106 Å². The van der Waals surface area contributed by atoms with Crippen molar-refractivity contribution >= 4 is 10.1 Å². The Hall–Kier alpha value is -1.72. The first-order valence-corrected chi connectivity index (χ1v) is 7.20. The van der Waals surface area contributed by atoms with Gasteiger partial charge in [0.2, 0.25) is 0 Å². The zero-order valence-electron chi connectivity index (χ0n) is 9.91. The number of nitrogens with zero attached hydrogens (tertiary/aromatic N) is 1. The molecule has 94 valence electrons. The molecule has 0 saturated heterocycles. The van der Waals surface area contributed by atoms with Gasteiger partial charge in [-0.15, -0.1) is 0 Å². The van der Waals surface area contributed by atoms with Crippen molar-refractivity contribution in [3.63, 3.8) is 0 Å². The molecule has 1 aromatic carbocycles. The standard InChI is InChI=1S/C13H13NO3S/c1-18(15,16)17-10-11-7-13(9-14-8-11)12-5-3-2-4-6-12/h2-9H,10H2,1H3. The van der Waals surface area contributed by atoms with Crippen LogP contribution in [-0.2, 0) is 20.9 Å². The van der Waals surface area contributed by atoms with Crippen molar-refractivity contribution in [3.8, 4) is 11.1 Å². The average Bonchev–Trinajstić information content (AvgIpc) is 2.37. The molecule has 1 heterocycles. The van der Waals surface area contributed by atoms with Gasteiger partial charge >= 0.3 is 0 Å². The summed E-state index contributed by atoms with van der Waals surface area (Å²) in [5, 5.41) is 0. The molecule has 1 aromatic heterocycles. The zero-order chi connectivity index (χ0) is 13.0. The van der Waals surface area contributed by atoms with Crippen LogP contribution in [0.25, 0.3) is 11.1 Å². The zero-order valence-corrected chi connectivity index (χ0v) is 10.7. The predicted octanol–water partition coefficient (Wildman–Crippen LogP) is 2.22. The van der Waals surface area contributed by atoms with E-state index < -0.39 is 10.1 Å². The van der Waals surface area contributed by atoms with Crippen molar-refractivity contribution in [3.05, 3.63) is 54.4 Å². The molecule has 0 aliphatic heterocycles. The van der Waals surface area contributed by atoms with E-state index in [1.54, 1.807) is 12.4 Å². The quantitative estimate of drug-likeness (QED) is 0.794. The van der Waals surface area contributed by atoms with E-state index in [0.717, 1.165) is 22.9 Å². The molecule has 5 heteroatoms. The number of pyridine rings is 1. The highest BCUT2D eigenvalue weighted by atomic mass is 32.2. The Balaban J connectivity index is 2.21. The van der Waals surface area contributed by atoms with E-state index in [2.05, 4.69) is 4.98 Å². The minimum absolute atomic E-state index is 0.00646. The molecule has 0 atom stereocenters. The van der Waals surface area contributed by atoms with Crippen LogP contribution in [-0.4, -0.2) is 19.7 Å². The second kappa shape index (κ2) is 5.29. The fraction of sp³-hybridized carbons (Fsp3) is 0.154. The second-order valence-corrected chi connectivity index (χ2v) is 5.56. The first-order valence-electron chi connectivity index (χ1n) is 5.38. The Morgan fingerprint density at radius 3 is 2.50 bits per heavy atom. The molecule has 0 saturated carbocycles. The Kier molecular flexibility index (Phi) is 3.74. The number of hydrogen-bond acceptors (Lipinski definition) is 4. The van der Waals surface area contributed by atoms with Gasteiger partial charge in [-0.1, -0.05) is 30.3 Å². The fourth-order valence-corrected chi connectivity index (χ4v) is 1.88. The molecular weight excluding hydrogens is 250 g/mol. The number of aromatic nitrogens is 1. The second-order valence-electron chi connectivity index (χ2n) is 3.91. The minimum atomic E-state index is -3.43. The van der Waals surface area contributed by atoms with E-state index >= 15 is 0 Å². The monoisotopic (exact) mass is 263 g/mol. The summed E-state index contributed by atoms with van der Waals surface area (Å²) in [6, 6.07) is 11.6. The molecule has 0 unspecified atom stereocenters. The molecule has 4 nitrogen and oxygen atoms in total. The molecule has 2 aromatic rings. The van der Waals surface area contributed by atoms with Gasteiger partial charge in [0.15, 0.2) is 0 Å². The van der Waals surface area contributed by atoms with Gasteiger partial charge in [0.1, 0.15) is 0 Å². The smallest absolute Gasteiger partial charge is 0.264 e. The van der Waals surface area contributed by atoms with E-state index in [1.807, 2.05) is 36.4 Å². The van der Waals surface area contributed by atoms with Crippen molar-refractivity contribution in [1.29, 1.82) is 0 Å². The van der Waals surface area contributed by atoms with Crippen LogP contribution in [0.3, 0.4) is 0 Å². The summed E-state index contributed by atoms with van der Waals surface area (Å²) >= 11 is 0. The lowest BCUT2D eigenvalue weighted by Gasteiger charge is -2.04. The highest BCUT2D eigenvalue weighted by Gasteiger charge is 2.04. The molecule has 18 heavy (non-hydrogen) atoms. The fourth-order valence-electron chi connectivity index (χ4n) is 1.53. The van der Waals surface area contributed by atoms with Crippen LogP contribution in [0, 0.1) is 0 Å². The van der Waals surface area contributed by atoms with Gasteiger partial charge in [-0.2, -0.15) is 8.42 Å². The third kappa shape index (κ3) is 3.65. The van der Waals surface area contributed by atoms with Crippen molar-refractivity contribution in [2.75, 3.05) is 6.26 Å². The topological polar surface area (TPSA) is 56.3 Å². The highest BCUT2D eigenvalue weighted by molar-refractivity contribution is 7.85. The molecule has 0 aliphatic rings. The number of hydrogen-bond donors (Lipinski definition) is 0. The third-order valence-corrected chi connectivity index (χ3v) is 2.89. The van der Waals surface area contributed by atoms with Crippen LogP contribution in [0.2, 0.25) is 0 Å². The van der Waals surface area contributed by atoms with Crippen LogP contribution < -0.4 is 0 Å². The van der Waals surface area contributed by atoms with Gasteiger partial charge in [0, 0.05) is 18.0 Å². The van der Waals surface area contributed by atoms with Crippen molar-refractivity contribution in [2.45, 2.75) is 6.61 Å². The Morgan fingerprint density at radius 1 is 1.11 bits per heavy atom. The van der Waals surface area contributed by atoms with Crippen LogP contribution >= 0.6 is 0 Å². The van der Waals surface area contributed by atoms with Crippen molar-refractivity contribution < 1.29 is 12.6 Å². The maximum Gasteiger partial charge on any atom is 0.264 e. The summed E-state index contributed by atoms with van der Waals surface area (Å²) in [6.07, 6.45) is 4.36. The summed E-state index contributed by atoms with van der Waals surface area (Å²) < 4.78 is 26.6. The SMILES string of the molecule is CS(=O)(=O)OCc1cncc(-c2ccccc2)c1. The van der Waals surface area contributed by atoms with Gasteiger partial charge in [-0.05, 0) is 17.2 Å². The molecule has 0 amide bonds. The minimum Gasteiger partial charge on any atom is -0.265 e. The van der Waals surface area contributed by atoms with E-state index in [1.165, 1.54) is 0 Å². The first-order chi connectivity index (χ1) is 8.54. The molecule has 2 rings (SSSR count). The van der Waals surface area contributed by atoms with E-state index in [4.69, 9.17) is 4.18 Å². The Bertz CT molecular complexity index is 624. The van der Waals surface area contributed by atoms with E-state index in [0.29, 0.717) is 0 Å². The van der Waals surface area contributed by atoms with Gasteiger partial charge < -0.3 is 0 Å². The first kappa shape index (κ1) is 12.7. The largest absolute Gasteiger partial charge is 0.265 e. The van der Waals surface area contributed by atoms with E-state index in [-0.39, 0.29) is 6.61 Å². The molecular formula is C13H13NO3S. The average molecular weight is 263 g/mol. The lowest BCUT2D eigenvalue weighted by molar-refractivity contribution is 0.311. The molecule has 0 spiro atoms. The summed E-state index contributed by atoms with van der Waals surface area (Å²) in [7, 11) is -3.43. The van der Waals surface area contributed by atoms with Gasteiger partial charge in [0.25, 0.3) is 10.1 Å². The van der Waals surface area contributed by atoms with Crippen molar-refractivity contribution in [1.82, 2.24) is 4.98 Å². The molecule has 0 fully saturated rings. The third-order valence-electron chi connectivity index (χ3n) is 2.34. The van der Waals surface area contributed by atoms with Crippen LogP contribution in [0.1, 0.15) is 5.56 Å².